The van der Waals surface area contributed by atoms with E-state index in [2.05, 4.69) is 42.5 Å². The van der Waals surface area contributed by atoms with Crippen molar-refractivity contribution in [1.82, 2.24) is 9.78 Å². The molecule has 2 N–H and O–H groups in total. The van der Waals surface area contributed by atoms with Gasteiger partial charge in [0.25, 0.3) is 0 Å². The first-order valence-electron chi connectivity index (χ1n) is 6.56. The van der Waals surface area contributed by atoms with E-state index >= 15 is 0 Å². The predicted octanol–water partition coefficient (Wildman–Crippen LogP) is 2.78. The molecule has 102 valence electrons. The van der Waals surface area contributed by atoms with E-state index in [0.29, 0.717) is 0 Å². The number of rotatable bonds is 6. The molecule has 2 rings (SSSR count). The van der Waals surface area contributed by atoms with E-state index in [-0.39, 0.29) is 6.04 Å². The molecule has 1 atom stereocenters. The first kappa shape index (κ1) is 14.2. The van der Waals surface area contributed by atoms with Crippen molar-refractivity contribution in [3.8, 4) is 0 Å². The van der Waals surface area contributed by atoms with Crippen molar-refractivity contribution in [2.75, 3.05) is 5.75 Å². The zero-order valence-corrected chi connectivity index (χ0v) is 12.4. The third-order valence-electron chi connectivity index (χ3n) is 3.02. The van der Waals surface area contributed by atoms with Gasteiger partial charge in [0.1, 0.15) is 0 Å². The molecule has 1 heterocycles. The first-order valence-corrected chi connectivity index (χ1v) is 7.54. The van der Waals surface area contributed by atoms with E-state index in [9.17, 15) is 0 Å². The Labute approximate surface area is 119 Å². The smallest absolute Gasteiger partial charge is 0.0521 e. The van der Waals surface area contributed by atoms with Crippen molar-refractivity contribution in [3.63, 3.8) is 0 Å². The van der Waals surface area contributed by atoms with Gasteiger partial charge in [-0.3, -0.25) is 4.68 Å². The highest BCUT2D eigenvalue weighted by atomic mass is 32.2. The van der Waals surface area contributed by atoms with E-state index in [1.54, 1.807) is 0 Å². The van der Waals surface area contributed by atoms with E-state index < -0.39 is 0 Å². The molecule has 0 fully saturated rings. The number of nitrogens with zero attached hydrogens (tertiary/aromatic N) is 2. The van der Waals surface area contributed by atoms with Crippen LogP contribution in [0.4, 0.5) is 0 Å². The van der Waals surface area contributed by atoms with Crippen LogP contribution < -0.4 is 5.73 Å². The van der Waals surface area contributed by atoms with Gasteiger partial charge in [0.2, 0.25) is 0 Å². The van der Waals surface area contributed by atoms with E-state index in [1.165, 1.54) is 16.0 Å². The van der Waals surface area contributed by atoms with Crippen LogP contribution in [-0.4, -0.2) is 21.6 Å². The summed E-state index contributed by atoms with van der Waals surface area (Å²) in [5.41, 5.74) is 8.73. The molecule has 0 spiro atoms. The minimum atomic E-state index is 0.228. The van der Waals surface area contributed by atoms with Crippen LogP contribution in [0.25, 0.3) is 0 Å². The number of hydrogen-bond acceptors (Lipinski definition) is 3. The lowest BCUT2D eigenvalue weighted by atomic mass is 10.1. The minimum Gasteiger partial charge on any atom is -0.327 e. The van der Waals surface area contributed by atoms with Gasteiger partial charge in [-0.1, -0.05) is 17.7 Å². The van der Waals surface area contributed by atoms with Crippen molar-refractivity contribution in [3.05, 3.63) is 47.8 Å². The number of hydrogen-bond donors (Lipinski definition) is 1. The van der Waals surface area contributed by atoms with Crippen LogP contribution in [0.5, 0.6) is 0 Å². The molecule has 1 aromatic carbocycles. The van der Waals surface area contributed by atoms with E-state index in [1.807, 2.05) is 29.7 Å². The fourth-order valence-electron chi connectivity index (χ4n) is 1.94. The summed E-state index contributed by atoms with van der Waals surface area (Å²) >= 11 is 1.84. The van der Waals surface area contributed by atoms with Crippen molar-refractivity contribution in [2.45, 2.75) is 30.7 Å². The van der Waals surface area contributed by atoms with Gasteiger partial charge < -0.3 is 5.73 Å². The SMILES string of the molecule is Cc1cccc(SCC(N)CCc2cnn(C)c2)c1. The van der Waals surface area contributed by atoms with Crippen LogP contribution in [0.15, 0.2) is 41.6 Å². The Morgan fingerprint density at radius 3 is 2.95 bits per heavy atom. The molecule has 0 aliphatic heterocycles. The monoisotopic (exact) mass is 275 g/mol. The van der Waals surface area contributed by atoms with Crippen molar-refractivity contribution >= 4 is 11.8 Å². The van der Waals surface area contributed by atoms with Crippen molar-refractivity contribution in [2.24, 2.45) is 12.8 Å². The molecule has 0 bridgehead atoms. The molecule has 0 amide bonds. The molecule has 19 heavy (non-hydrogen) atoms. The Morgan fingerprint density at radius 1 is 1.42 bits per heavy atom. The van der Waals surface area contributed by atoms with Gasteiger partial charge in [-0.15, -0.1) is 11.8 Å². The summed E-state index contributed by atoms with van der Waals surface area (Å²) in [5, 5.41) is 4.17. The molecular formula is C15H21N3S. The van der Waals surface area contributed by atoms with Crippen LogP contribution >= 0.6 is 11.8 Å². The van der Waals surface area contributed by atoms with Crippen LogP contribution in [0.2, 0.25) is 0 Å². The highest BCUT2D eigenvalue weighted by molar-refractivity contribution is 7.99. The maximum atomic E-state index is 6.17. The maximum Gasteiger partial charge on any atom is 0.0521 e. The second kappa shape index (κ2) is 6.78. The summed E-state index contributed by atoms with van der Waals surface area (Å²) in [6, 6.07) is 8.79. The number of nitrogens with two attached hydrogens (primary N) is 1. The highest BCUT2D eigenvalue weighted by Gasteiger charge is 2.05. The summed E-state index contributed by atoms with van der Waals surface area (Å²) in [5.74, 6) is 0.962. The molecule has 0 radical (unpaired) electrons. The topological polar surface area (TPSA) is 43.8 Å². The number of benzene rings is 1. The molecule has 1 unspecified atom stereocenters. The van der Waals surface area contributed by atoms with Gasteiger partial charge in [-0.2, -0.15) is 5.10 Å². The molecule has 2 aromatic rings. The number of thioether (sulfide) groups is 1. The largest absolute Gasteiger partial charge is 0.327 e. The average Bonchev–Trinajstić information content (AvgIpc) is 2.80. The van der Waals surface area contributed by atoms with Crippen molar-refractivity contribution in [1.29, 1.82) is 0 Å². The third kappa shape index (κ3) is 4.73. The molecule has 0 saturated heterocycles. The quantitative estimate of drug-likeness (QED) is 0.824. The van der Waals surface area contributed by atoms with Crippen LogP contribution in [0.1, 0.15) is 17.5 Å². The Morgan fingerprint density at radius 2 is 2.26 bits per heavy atom. The lowest BCUT2D eigenvalue weighted by Gasteiger charge is -2.10. The molecule has 0 aliphatic carbocycles. The van der Waals surface area contributed by atoms with Gasteiger partial charge >= 0.3 is 0 Å². The summed E-state index contributed by atoms with van der Waals surface area (Å²) in [7, 11) is 1.94. The average molecular weight is 275 g/mol. The zero-order chi connectivity index (χ0) is 13.7. The van der Waals surface area contributed by atoms with Gasteiger partial charge in [-0.25, -0.2) is 0 Å². The lowest BCUT2D eigenvalue weighted by molar-refractivity contribution is 0.674. The predicted molar refractivity (Wildman–Crippen MR) is 81.4 cm³/mol. The minimum absolute atomic E-state index is 0.228. The Balaban J connectivity index is 1.74. The molecular weight excluding hydrogens is 254 g/mol. The summed E-state index contributed by atoms with van der Waals surface area (Å²) < 4.78 is 1.84. The molecule has 0 aliphatic rings. The number of aromatic nitrogens is 2. The fourth-order valence-corrected chi connectivity index (χ4v) is 2.96. The Kier molecular flexibility index (Phi) is 5.05. The standard InChI is InChI=1S/C15H21N3S/c1-12-4-3-5-15(8-12)19-11-14(16)7-6-13-9-17-18(2)10-13/h3-5,8-10,14H,6-7,11,16H2,1-2H3. The van der Waals surface area contributed by atoms with Gasteiger partial charge in [-0.05, 0) is 37.5 Å². The second-order valence-corrected chi connectivity index (χ2v) is 6.04. The van der Waals surface area contributed by atoms with E-state index in [0.717, 1.165) is 18.6 Å². The second-order valence-electron chi connectivity index (χ2n) is 4.95. The normalized spacial score (nSPS) is 12.6. The summed E-state index contributed by atoms with van der Waals surface area (Å²) in [6.07, 6.45) is 5.98. The summed E-state index contributed by atoms with van der Waals surface area (Å²) in [4.78, 5) is 1.30. The van der Waals surface area contributed by atoms with Crippen LogP contribution in [0, 0.1) is 6.92 Å². The third-order valence-corrected chi connectivity index (χ3v) is 4.20. The molecule has 0 saturated carbocycles. The van der Waals surface area contributed by atoms with Gasteiger partial charge in [0, 0.05) is 29.9 Å². The zero-order valence-electron chi connectivity index (χ0n) is 11.5. The maximum absolute atomic E-state index is 6.17. The van der Waals surface area contributed by atoms with Crippen molar-refractivity contribution < 1.29 is 0 Å². The van der Waals surface area contributed by atoms with Gasteiger partial charge in [0.05, 0.1) is 6.20 Å². The molecule has 3 nitrogen and oxygen atoms in total. The molecule has 4 heteroatoms. The summed E-state index contributed by atoms with van der Waals surface area (Å²) in [6.45, 7) is 2.12. The highest BCUT2D eigenvalue weighted by Crippen LogP contribution is 2.20. The Bertz CT molecular complexity index is 522. The van der Waals surface area contributed by atoms with Gasteiger partial charge in [0.15, 0.2) is 0 Å². The van der Waals surface area contributed by atoms with Crippen LogP contribution in [0.3, 0.4) is 0 Å². The molecule has 1 aromatic heterocycles. The van der Waals surface area contributed by atoms with Crippen LogP contribution in [-0.2, 0) is 13.5 Å². The lowest BCUT2D eigenvalue weighted by Crippen LogP contribution is -2.23. The number of aryl methyl sites for hydroxylation is 3. The van der Waals surface area contributed by atoms with E-state index in [4.69, 9.17) is 5.73 Å². The first-order chi connectivity index (χ1) is 9.13. The fraction of sp³-hybridized carbons (Fsp3) is 0.400. The Hall–Kier alpha value is -1.26.